The number of benzene rings is 1. The second-order valence-electron chi connectivity index (χ2n) is 6.04. The van der Waals surface area contributed by atoms with Gasteiger partial charge in [0, 0.05) is 13.1 Å². The van der Waals surface area contributed by atoms with Gasteiger partial charge in [-0.2, -0.15) is 8.78 Å². The standard InChI is InChI=1S/C18H21F2NO6/c1-25-17(24)13-6-8-21(9-7-13)15(22)11-26-16(23)10-12-2-4-14(5-3-12)27-18(19)20/h2-5,13,18H,6-11H2,1H3. The first-order chi connectivity index (χ1) is 12.9. The topological polar surface area (TPSA) is 82.1 Å². The first kappa shape index (κ1) is 20.6. The van der Waals surface area contributed by atoms with E-state index in [1.54, 1.807) is 4.90 Å². The van der Waals surface area contributed by atoms with Crippen molar-refractivity contribution in [3.63, 3.8) is 0 Å². The number of hydrogen-bond donors (Lipinski definition) is 0. The van der Waals surface area contributed by atoms with E-state index in [4.69, 9.17) is 9.47 Å². The van der Waals surface area contributed by atoms with E-state index in [1.807, 2.05) is 0 Å². The van der Waals surface area contributed by atoms with E-state index in [1.165, 1.54) is 31.4 Å². The Morgan fingerprint density at radius 3 is 2.33 bits per heavy atom. The van der Waals surface area contributed by atoms with Gasteiger partial charge in [0.15, 0.2) is 6.61 Å². The molecule has 1 amide bonds. The highest BCUT2D eigenvalue weighted by Crippen LogP contribution is 2.19. The number of rotatable bonds is 7. The number of ether oxygens (including phenoxy) is 3. The molecule has 2 rings (SSSR count). The van der Waals surface area contributed by atoms with Crippen molar-refractivity contribution in [2.45, 2.75) is 25.9 Å². The smallest absolute Gasteiger partial charge is 0.387 e. The number of esters is 2. The third-order valence-corrected chi connectivity index (χ3v) is 4.24. The summed E-state index contributed by atoms with van der Waals surface area (Å²) in [6.45, 7) is -2.48. The molecule has 1 fully saturated rings. The second kappa shape index (κ2) is 9.84. The predicted molar refractivity (Wildman–Crippen MR) is 89.1 cm³/mol. The van der Waals surface area contributed by atoms with E-state index in [9.17, 15) is 23.2 Å². The van der Waals surface area contributed by atoms with Crippen LogP contribution >= 0.6 is 0 Å². The van der Waals surface area contributed by atoms with Crippen LogP contribution in [0.5, 0.6) is 5.75 Å². The fourth-order valence-electron chi connectivity index (χ4n) is 2.77. The highest BCUT2D eigenvalue weighted by Gasteiger charge is 2.28. The van der Waals surface area contributed by atoms with E-state index in [-0.39, 0.29) is 36.6 Å². The minimum absolute atomic E-state index is 0.00680. The molecule has 1 aliphatic heterocycles. The Kier molecular flexibility index (Phi) is 7.51. The summed E-state index contributed by atoms with van der Waals surface area (Å²) in [5, 5.41) is 0. The summed E-state index contributed by atoms with van der Waals surface area (Å²) < 4.78 is 38.1. The van der Waals surface area contributed by atoms with Crippen molar-refractivity contribution in [2.24, 2.45) is 5.92 Å². The van der Waals surface area contributed by atoms with Crippen molar-refractivity contribution in [3.05, 3.63) is 29.8 Å². The summed E-state index contributed by atoms with van der Waals surface area (Å²) in [7, 11) is 1.33. The maximum atomic E-state index is 12.1. The van der Waals surface area contributed by atoms with Crippen LogP contribution in [0.1, 0.15) is 18.4 Å². The van der Waals surface area contributed by atoms with Crippen LogP contribution in [0.3, 0.4) is 0 Å². The van der Waals surface area contributed by atoms with Gasteiger partial charge in [0.25, 0.3) is 5.91 Å². The number of halogens is 2. The average molecular weight is 385 g/mol. The second-order valence-corrected chi connectivity index (χ2v) is 6.04. The molecule has 0 unspecified atom stereocenters. The van der Waals surface area contributed by atoms with Crippen molar-refractivity contribution in [1.82, 2.24) is 4.90 Å². The maximum absolute atomic E-state index is 12.1. The Hall–Kier alpha value is -2.71. The first-order valence-corrected chi connectivity index (χ1v) is 8.44. The van der Waals surface area contributed by atoms with Gasteiger partial charge in [0.05, 0.1) is 19.4 Å². The Bertz CT molecular complexity index is 656. The zero-order valence-electron chi connectivity index (χ0n) is 14.9. The third-order valence-electron chi connectivity index (χ3n) is 4.24. The summed E-state index contributed by atoms with van der Waals surface area (Å²) in [6.07, 6.45) is 0.936. The predicted octanol–water partition coefficient (Wildman–Crippen LogP) is 1.79. The Morgan fingerprint density at radius 1 is 1.15 bits per heavy atom. The van der Waals surface area contributed by atoms with Crippen LogP contribution in [-0.2, 0) is 30.3 Å². The number of alkyl halides is 2. The minimum atomic E-state index is -2.91. The lowest BCUT2D eigenvalue weighted by atomic mass is 9.97. The van der Waals surface area contributed by atoms with E-state index in [0.717, 1.165) is 0 Å². The zero-order valence-corrected chi connectivity index (χ0v) is 14.9. The summed E-state index contributed by atoms with van der Waals surface area (Å²) in [4.78, 5) is 36.9. The van der Waals surface area contributed by atoms with E-state index in [0.29, 0.717) is 31.5 Å². The molecule has 1 aromatic carbocycles. The van der Waals surface area contributed by atoms with Gasteiger partial charge in [-0.1, -0.05) is 12.1 Å². The maximum Gasteiger partial charge on any atom is 0.387 e. The normalized spacial score (nSPS) is 14.7. The molecule has 148 valence electrons. The molecule has 0 atom stereocenters. The number of nitrogens with zero attached hydrogens (tertiary/aromatic N) is 1. The SMILES string of the molecule is COC(=O)C1CCN(C(=O)COC(=O)Cc2ccc(OC(F)F)cc2)CC1. The summed E-state index contributed by atoms with van der Waals surface area (Å²) in [5.41, 5.74) is 0.549. The number of hydrogen-bond acceptors (Lipinski definition) is 6. The number of carbonyl (C=O) groups is 3. The molecule has 1 aromatic rings. The molecule has 1 aliphatic rings. The first-order valence-electron chi connectivity index (χ1n) is 8.44. The van der Waals surface area contributed by atoms with E-state index < -0.39 is 12.6 Å². The molecule has 0 N–H and O–H groups in total. The van der Waals surface area contributed by atoms with Gasteiger partial charge in [-0.25, -0.2) is 0 Å². The monoisotopic (exact) mass is 385 g/mol. The number of piperidine rings is 1. The lowest BCUT2D eigenvalue weighted by Gasteiger charge is -2.30. The van der Waals surface area contributed by atoms with Crippen LogP contribution in [-0.4, -0.2) is 56.2 Å². The lowest BCUT2D eigenvalue weighted by molar-refractivity contribution is -0.153. The molecule has 27 heavy (non-hydrogen) atoms. The molecule has 0 aliphatic carbocycles. The number of likely N-dealkylation sites (tertiary alicyclic amines) is 1. The zero-order chi connectivity index (χ0) is 19.8. The summed E-state index contributed by atoms with van der Waals surface area (Å²) in [5.74, 6) is -1.42. The highest BCUT2D eigenvalue weighted by molar-refractivity contribution is 5.81. The largest absolute Gasteiger partial charge is 0.469 e. The lowest BCUT2D eigenvalue weighted by Crippen LogP contribution is -2.42. The molecule has 0 radical (unpaired) electrons. The summed E-state index contributed by atoms with van der Waals surface area (Å²) in [6, 6.07) is 5.59. The quantitative estimate of drug-likeness (QED) is 0.666. The number of amides is 1. The fourth-order valence-corrected chi connectivity index (χ4v) is 2.77. The van der Waals surface area contributed by atoms with Gasteiger partial charge in [-0.05, 0) is 30.5 Å². The Labute approximate surface area is 155 Å². The molecule has 7 nitrogen and oxygen atoms in total. The minimum Gasteiger partial charge on any atom is -0.469 e. The molecule has 1 heterocycles. The molecule has 0 aromatic heterocycles. The molecule has 1 saturated heterocycles. The highest BCUT2D eigenvalue weighted by atomic mass is 19.3. The van der Waals surface area contributed by atoms with Crippen molar-refractivity contribution in [2.75, 3.05) is 26.8 Å². The fraction of sp³-hybridized carbons (Fsp3) is 0.500. The van der Waals surface area contributed by atoms with Gasteiger partial charge in [0.1, 0.15) is 5.75 Å². The van der Waals surface area contributed by atoms with Crippen molar-refractivity contribution in [1.29, 1.82) is 0 Å². The van der Waals surface area contributed by atoms with Crippen molar-refractivity contribution < 1.29 is 37.4 Å². The molecule has 0 spiro atoms. The Balaban J connectivity index is 1.72. The molecule has 9 heteroatoms. The van der Waals surface area contributed by atoms with Gasteiger partial charge < -0.3 is 19.1 Å². The molecular formula is C18H21F2NO6. The van der Waals surface area contributed by atoms with Gasteiger partial charge in [0.2, 0.25) is 0 Å². The van der Waals surface area contributed by atoms with Crippen molar-refractivity contribution >= 4 is 17.8 Å². The van der Waals surface area contributed by atoms with Crippen LogP contribution in [0.2, 0.25) is 0 Å². The third kappa shape index (κ3) is 6.50. The van der Waals surface area contributed by atoms with E-state index >= 15 is 0 Å². The van der Waals surface area contributed by atoms with Crippen LogP contribution in [0, 0.1) is 5.92 Å². The Morgan fingerprint density at radius 2 is 1.78 bits per heavy atom. The average Bonchev–Trinajstić information content (AvgIpc) is 2.66. The molecular weight excluding hydrogens is 364 g/mol. The van der Waals surface area contributed by atoms with E-state index in [2.05, 4.69) is 4.74 Å². The van der Waals surface area contributed by atoms with Crippen molar-refractivity contribution in [3.8, 4) is 5.75 Å². The van der Waals surface area contributed by atoms with Crippen LogP contribution in [0.15, 0.2) is 24.3 Å². The number of methoxy groups -OCH3 is 1. The van der Waals surface area contributed by atoms with Gasteiger partial charge in [-0.3, -0.25) is 14.4 Å². The van der Waals surface area contributed by atoms with Gasteiger partial charge in [-0.15, -0.1) is 0 Å². The summed E-state index contributed by atoms with van der Waals surface area (Å²) >= 11 is 0. The van der Waals surface area contributed by atoms with Crippen LogP contribution in [0.4, 0.5) is 8.78 Å². The van der Waals surface area contributed by atoms with Crippen LogP contribution in [0.25, 0.3) is 0 Å². The number of carbonyl (C=O) groups excluding carboxylic acids is 3. The van der Waals surface area contributed by atoms with Gasteiger partial charge >= 0.3 is 18.6 Å². The molecule has 0 saturated carbocycles. The molecule has 0 bridgehead atoms. The van der Waals surface area contributed by atoms with Crippen LogP contribution < -0.4 is 4.74 Å².